The van der Waals surface area contributed by atoms with Gasteiger partial charge in [0.15, 0.2) is 0 Å². The molecule has 29 heavy (non-hydrogen) atoms. The molecule has 1 heterocycles. The second-order valence-corrected chi connectivity index (χ2v) is 6.47. The van der Waals surface area contributed by atoms with E-state index in [2.05, 4.69) is 10.4 Å². The number of nitrogens with zero attached hydrogens (tertiary/aromatic N) is 2. The van der Waals surface area contributed by atoms with Gasteiger partial charge >= 0.3 is 12.3 Å². The molecule has 10 heteroatoms. The average Bonchev–Trinajstić information content (AvgIpc) is 2.97. The number of hydrogen-bond donors (Lipinski definition) is 1. The molecule has 2 rings (SSSR count). The number of methoxy groups -OCH3 is 1. The van der Waals surface area contributed by atoms with E-state index in [9.17, 15) is 13.2 Å². The standard InChI is InChI=1S/C18H23ClF3N3O.CO2/c1-5-9-25-17(16(19)14(6-2)24-25)13-8-7-12(10-15(13)26-4)23-11(3)18(20,21)22;2-1-3/h7-8,10-11,23H,5-6,9H2,1-4H3;/t11-;/m1./s1. The Morgan fingerprint density at radius 2 is 1.93 bits per heavy atom. The van der Waals surface area contributed by atoms with Crippen LogP contribution in [0, 0.1) is 0 Å². The Morgan fingerprint density at radius 1 is 1.31 bits per heavy atom. The van der Waals surface area contributed by atoms with Gasteiger partial charge in [-0.3, -0.25) is 4.68 Å². The molecule has 0 spiro atoms. The van der Waals surface area contributed by atoms with Gasteiger partial charge in [0.25, 0.3) is 0 Å². The van der Waals surface area contributed by atoms with Crippen molar-refractivity contribution in [2.45, 2.75) is 52.4 Å². The third-order valence-electron chi connectivity index (χ3n) is 4.06. The van der Waals surface area contributed by atoms with E-state index < -0.39 is 12.2 Å². The number of benzene rings is 1. The number of nitrogens with one attached hydrogen (secondary N) is 1. The van der Waals surface area contributed by atoms with E-state index in [0.29, 0.717) is 35.0 Å². The first-order chi connectivity index (χ1) is 13.6. The Labute approximate surface area is 172 Å². The number of aromatic nitrogens is 2. The largest absolute Gasteiger partial charge is 0.496 e. The molecule has 1 aromatic heterocycles. The summed E-state index contributed by atoms with van der Waals surface area (Å²) >= 11 is 6.51. The monoisotopic (exact) mass is 433 g/mol. The maximum atomic E-state index is 12.8. The molecule has 0 saturated heterocycles. The number of halogens is 4. The summed E-state index contributed by atoms with van der Waals surface area (Å²) in [5.41, 5.74) is 2.52. The highest BCUT2D eigenvalue weighted by molar-refractivity contribution is 6.33. The molecular formula is C19H23ClF3N3O3. The van der Waals surface area contributed by atoms with E-state index >= 15 is 0 Å². The van der Waals surface area contributed by atoms with Gasteiger partial charge in [0.05, 0.1) is 23.5 Å². The smallest absolute Gasteiger partial charge is 0.408 e. The summed E-state index contributed by atoms with van der Waals surface area (Å²) in [6, 6.07) is 3.17. The van der Waals surface area contributed by atoms with E-state index in [1.54, 1.807) is 18.2 Å². The molecule has 0 fully saturated rings. The zero-order chi connectivity index (χ0) is 22.2. The van der Waals surface area contributed by atoms with Crippen LogP contribution in [0.5, 0.6) is 5.75 Å². The number of aryl methyl sites for hydroxylation is 2. The van der Waals surface area contributed by atoms with E-state index in [0.717, 1.165) is 24.7 Å². The van der Waals surface area contributed by atoms with Crippen LogP contribution in [0.2, 0.25) is 5.02 Å². The van der Waals surface area contributed by atoms with Gasteiger partial charge in [0.1, 0.15) is 11.8 Å². The van der Waals surface area contributed by atoms with Crippen molar-refractivity contribution in [1.82, 2.24) is 9.78 Å². The van der Waals surface area contributed by atoms with Crippen molar-refractivity contribution < 1.29 is 27.5 Å². The van der Waals surface area contributed by atoms with Gasteiger partial charge in [0.2, 0.25) is 0 Å². The lowest BCUT2D eigenvalue weighted by Gasteiger charge is -2.19. The molecule has 0 radical (unpaired) electrons. The van der Waals surface area contributed by atoms with Crippen molar-refractivity contribution in [3.05, 3.63) is 28.9 Å². The van der Waals surface area contributed by atoms with Crippen LogP contribution in [0.1, 0.15) is 32.9 Å². The lowest BCUT2D eigenvalue weighted by atomic mass is 10.1. The maximum absolute atomic E-state index is 12.8. The number of carbonyl (C=O) groups excluding carboxylic acids is 2. The van der Waals surface area contributed by atoms with Gasteiger partial charge in [0, 0.05) is 23.9 Å². The molecule has 1 atom stereocenters. The summed E-state index contributed by atoms with van der Waals surface area (Å²) in [6.07, 6.45) is -2.52. The summed E-state index contributed by atoms with van der Waals surface area (Å²) < 4.78 is 45.6. The second-order valence-electron chi connectivity index (χ2n) is 6.09. The Morgan fingerprint density at radius 3 is 2.41 bits per heavy atom. The highest BCUT2D eigenvalue weighted by atomic mass is 35.5. The third-order valence-corrected chi connectivity index (χ3v) is 4.46. The maximum Gasteiger partial charge on any atom is 0.408 e. The van der Waals surface area contributed by atoms with Gasteiger partial charge in [-0.05, 0) is 31.9 Å². The molecule has 0 unspecified atom stereocenters. The number of alkyl halides is 3. The van der Waals surface area contributed by atoms with Gasteiger partial charge in [-0.2, -0.15) is 27.9 Å². The lowest BCUT2D eigenvalue weighted by Crippen LogP contribution is -2.33. The van der Waals surface area contributed by atoms with Crippen LogP contribution in [0.15, 0.2) is 18.2 Å². The van der Waals surface area contributed by atoms with Crippen LogP contribution in [0.25, 0.3) is 11.3 Å². The van der Waals surface area contributed by atoms with Crippen LogP contribution < -0.4 is 10.1 Å². The molecule has 2 aromatic rings. The average molecular weight is 434 g/mol. The quantitative estimate of drug-likeness (QED) is 0.667. The molecule has 0 bridgehead atoms. The van der Waals surface area contributed by atoms with Crippen LogP contribution in [-0.2, 0) is 22.6 Å². The molecule has 160 valence electrons. The summed E-state index contributed by atoms with van der Waals surface area (Å²) in [7, 11) is 1.48. The van der Waals surface area contributed by atoms with Crippen molar-refractivity contribution in [2.75, 3.05) is 12.4 Å². The summed E-state index contributed by atoms with van der Waals surface area (Å²) in [6.45, 7) is 5.76. The Bertz CT molecular complexity index is 847. The van der Waals surface area contributed by atoms with E-state index in [1.807, 2.05) is 18.5 Å². The second kappa shape index (κ2) is 10.9. The molecule has 0 aliphatic heterocycles. The first-order valence-electron chi connectivity index (χ1n) is 8.90. The molecule has 6 nitrogen and oxygen atoms in total. The fourth-order valence-corrected chi connectivity index (χ4v) is 3.03. The van der Waals surface area contributed by atoms with Crippen LogP contribution in [0.3, 0.4) is 0 Å². The van der Waals surface area contributed by atoms with Crippen LogP contribution in [0.4, 0.5) is 18.9 Å². The predicted molar refractivity (Wildman–Crippen MR) is 103 cm³/mol. The molecular weight excluding hydrogens is 411 g/mol. The van der Waals surface area contributed by atoms with Crippen molar-refractivity contribution in [3.8, 4) is 17.0 Å². The van der Waals surface area contributed by atoms with Crippen molar-refractivity contribution >= 4 is 23.4 Å². The normalized spacial score (nSPS) is 11.9. The zero-order valence-electron chi connectivity index (χ0n) is 16.6. The van der Waals surface area contributed by atoms with Crippen molar-refractivity contribution in [2.24, 2.45) is 0 Å². The lowest BCUT2D eigenvalue weighted by molar-refractivity contribution is -0.191. The molecule has 0 saturated carbocycles. The van der Waals surface area contributed by atoms with Crippen LogP contribution in [-0.4, -0.2) is 35.3 Å². The Balaban J connectivity index is 0.00000132. The molecule has 1 aromatic carbocycles. The molecule has 0 amide bonds. The minimum absolute atomic E-state index is 0.250. The Kier molecular flexibility index (Phi) is 9.20. The summed E-state index contributed by atoms with van der Waals surface area (Å²) in [5.74, 6) is 0.436. The fraction of sp³-hybridized carbons (Fsp3) is 0.474. The van der Waals surface area contributed by atoms with Crippen molar-refractivity contribution in [3.63, 3.8) is 0 Å². The number of rotatable bonds is 7. The van der Waals surface area contributed by atoms with E-state index in [-0.39, 0.29) is 6.15 Å². The number of hydrogen-bond acceptors (Lipinski definition) is 5. The first kappa shape index (κ1) is 24.5. The Hall–Kier alpha value is -2.51. The van der Waals surface area contributed by atoms with E-state index in [1.165, 1.54) is 7.11 Å². The van der Waals surface area contributed by atoms with Gasteiger partial charge in [-0.25, -0.2) is 0 Å². The minimum Gasteiger partial charge on any atom is -0.496 e. The zero-order valence-corrected chi connectivity index (χ0v) is 17.3. The van der Waals surface area contributed by atoms with E-state index in [4.69, 9.17) is 25.9 Å². The van der Waals surface area contributed by atoms with Gasteiger partial charge in [-0.15, -0.1) is 0 Å². The topological polar surface area (TPSA) is 73.2 Å². The van der Waals surface area contributed by atoms with Crippen molar-refractivity contribution in [1.29, 1.82) is 0 Å². The SMILES string of the molecule is CCCn1nc(CC)c(Cl)c1-c1ccc(N[C@H](C)C(F)(F)F)cc1OC.O=C=O. The highest BCUT2D eigenvalue weighted by Crippen LogP contribution is 2.39. The number of ether oxygens (including phenoxy) is 1. The highest BCUT2D eigenvalue weighted by Gasteiger charge is 2.36. The van der Waals surface area contributed by atoms with Gasteiger partial charge in [-0.1, -0.05) is 25.4 Å². The van der Waals surface area contributed by atoms with Gasteiger partial charge < -0.3 is 10.1 Å². The first-order valence-corrected chi connectivity index (χ1v) is 9.28. The molecule has 0 aliphatic carbocycles. The number of anilines is 1. The van der Waals surface area contributed by atoms with Crippen LogP contribution >= 0.6 is 11.6 Å². The minimum atomic E-state index is -4.33. The predicted octanol–water partition coefficient (Wildman–Crippen LogP) is 4.96. The summed E-state index contributed by atoms with van der Waals surface area (Å²) in [4.78, 5) is 16.2. The molecule has 0 aliphatic rings. The molecule has 1 N–H and O–H groups in total. The third kappa shape index (κ3) is 6.24. The summed E-state index contributed by atoms with van der Waals surface area (Å²) in [5, 5.41) is 7.53. The fourth-order valence-electron chi connectivity index (χ4n) is 2.65.